The Morgan fingerprint density at radius 1 is 1.07 bits per heavy atom. The lowest BCUT2D eigenvalue weighted by Gasteiger charge is -2.13. The Bertz CT molecular complexity index is 155. The van der Waals surface area contributed by atoms with Gasteiger partial charge in [-0.2, -0.15) is 0 Å². The van der Waals surface area contributed by atoms with E-state index in [-0.39, 0.29) is 0 Å². The van der Waals surface area contributed by atoms with E-state index in [1.54, 1.807) is 5.57 Å². The Hall–Kier alpha value is -0.260. The first-order chi connectivity index (χ1) is 7.28. The lowest BCUT2D eigenvalue weighted by molar-refractivity contribution is 0.418. The van der Waals surface area contributed by atoms with Crippen molar-refractivity contribution in [2.45, 2.75) is 79.1 Å². The summed E-state index contributed by atoms with van der Waals surface area (Å²) in [7, 11) is 0. The molecule has 0 aromatic rings. The first kappa shape index (κ1) is 14.7. The molecule has 0 fully saturated rings. The molecule has 0 saturated carbocycles. The molecule has 0 aliphatic rings. The highest BCUT2D eigenvalue weighted by atomic mass is 14.1. The van der Waals surface area contributed by atoms with E-state index in [1.807, 2.05) is 0 Å². The smallest absolute Gasteiger partial charge is 0.0320 e. The van der Waals surface area contributed by atoms with Crippen molar-refractivity contribution in [2.24, 2.45) is 5.92 Å². The number of rotatable bonds is 9. The third-order valence-electron chi connectivity index (χ3n) is 3.33. The van der Waals surface area contributed by atoms with E-state index in [0.29, 0.717) is 0 Å². The Morgan fingerprint density at radius 2 is 1.80 bits per heavy atom. The van der Waals surface area contributed by atoms with Crippen LogP contribution in [0.3, 0.4) is 0 Å². The average Bonchev–Trinajstić information content (AvgIpc) is 2.26. The molecule has 1 atom stereocenters. The summed E-state index contributed by atoms with van der Waals surface area (Å²) in [6, 6.07) is 0. The average molecular weight is 210 g/mol. The highest BCUT2D eigenvalue weighted by Crippen LogP contribution is 2.21. The number of allylic oxidation sites excluding steroid dienone is 2. The Kier molecular flexibility index (Phi) is 10.1. The minimum absolute atomic E-state index is 0.981. The van der Waals surface area contributed by atoms with E-state index in [4.69, 9.17) is 0 Å². The highest BCUT2D eigenvalue weighted by Gasteiger charge is 2.04. The van der Waals surface area contributed by atoms with Gasteiger partial charge in [0.25, 0.3) is 0 Å². The Labute approximate surface area is 97.2 Å². The minimum Gasteiger partial charge on any atom is -0.0856 e. The van der Waals surface area contributed by atoms with Crippen LogP contribution in [-0.4, -0.2) is 0 Å². The quantitative estimate of drug-likeness (QED) is 0.426. The first-order valence-corrected chi connectivity index (χ1v) is 6.96. The fourth-order valence-electron chi connectivity index (χ4n) is 2.29. The molecule has 0 aliphatic carbocycles. The molecule has 0 aromatic heterocycles. The lowest BCUT2D eigenvalue weighted by atomic mass is 9.93. The maximum absolute atomic E-state index is 2.42. The molecule has 0 heteroatoms. The van der Waals surface area contributed by atoms with Gasteiger partial charge in [0.1, 0.15) is 0 Å². The van der Waals surface area contributed by atoms with Gasteiger partial charge in [-0.3, -0.25) is 0 Å². The fourth-order valence-corrected chi connectivity index (χ4v) is 2.29. The predicted octanol–water partition coefficient (Wildman–Crippen LogP) is 5.73. The molecular weight excluding hydrogens is 180 g/mol. The van der Waals surface area contributed by atoms with E-state index >= 15 is 0 Å². The van der Waals surface area contributed by atoms with Gasteiger partial charge in [-0.15, -0.1) is 0 Å². The highest BCUT2D eigenvalue weighted by molar-refractivity contribution is 5.00. The van der Waals surface area contributed by atoms with Crippen molar-refractivity contribution in [3.05, 3.63) is 11.6 Å². The van der Waals surface area contributed by atoms with Crippen molar-refractivity contribution in [3.8, 4) is 0 Å². The normalized spacial score (nSPS) is 14.3. The maximum atomic E-state index is 2.42. The van der Waals surface area contributed by atoms with E-state index in [1.165, 1.54) is 51.4 Å². The van der Waals surface area contributed by atoms with Crippen molar-refractivity contribution in [1.82, 2.24) is 0 Å². The van der Waals surface area contributed by atoms with Gasteiger partial charge in [0, 0.05) is 0 Å². The van der Waals surface area contributed by atoms with E-state index in [0.717, 1.165) is 5.92 Å². The third kappa shape index (κ3) is 7.64. The molecule has 0 amide bonds. The van der Waals surface area contributed by atoms with Crippen LogP contribution in [0.1, 0.15) is 79.1 Å². The standard InChI is InChI=1S/C15H30/c1-5-10-14(7-3)12-9-13-15(8-4)11-6-2/h10,15H,5-9,11-13H2,1-4H3/b14-10+. The largest absolute Gasteiger partial charge is 0.0856 e. The zero-order valence-corrected chi connectivity index (χ0v) is 11.3. The topological polar surface area (TPSA) is 0 Å². The molecule has 15 heavy (non-hydrogen) atoms. The molecule has 0 spiro atoms. The zero-order valence-electron chi connectivity index (χ0n) is 11.3. The second kappa shape index (κ2) is 10.3. The minimum atomic E-state index is 0.981. The molecule has 0 saturated heterocycles. The van der Waals surface area contributed by atoms with Gasteiger partial charge in [-0.25, -0.2) is 0 Å². The number of hydrogen-bond donors (Lipinski definition) is 0. The maximum Gasteiger partial charge on any atom is -0.0320 e. The van der Waals surface area contributed by atoms with Crippen molar-refractivity contribution in [3.63, 3.8) is 0 Å². The van der Waals surface area contributed by atoms with Crippen LogP contribution in [0.2, 0.25) is 0 Å². The van der Waals surface area contributed by atoms with E-state index < -0.39 is 0 Å². The van der Waals surface area contributed by atoms with Gasteiger partial charge in [-0.1, -0.05) is 65.0 Å². The summed E-state index contributed by atoms with van der Waals surface area (Å²) < 4.78 is 0. The van der Waals surface area contributed by atoms with Gasteiger partial charge < -0.3 is 0 Å². The van der Waals surface area contributed by atoms with Crippen LogP contribution in [0, 0.1) is 5.92 Å². The first-order valence-electron chi connectivity index (χ1n) is 6.96. The summed E-state index contributed by atoms with van der Waals surface area (Å²) in [5.74, 6) is 0.981. The van der Waals surface area contributed by atoms with Crippen molar-refractivity contribution < 1.29 is 0 Å². The number of hydrogen-bond acceptors (Lipinski definition) is 0. The SMILES string of the molecule is CC/C=C(\CC)CCCC(CC)CCC. The summed E-state index contributed by atoms with van der Waals surface area (Å²) >= 11 is 0. The molecule has 0 N–H and O–H groups in total. The molecule has 0 bridgehead atoms. The molecule has 1 unspecified atom stereocenters. The molecule has 0 heterocycles. The second-order valence-electron chi connectivity index (χ2n) is 4.58. The van der Waals surface area contributed by atoms with Crippen molar-refractivity contribution in [1.29, 1.82) is 0 Å². The Balaban J connectivity index is 3.70. The van der Waals surface area contributed by atoms with Gasteiger partial charge >= 0.3 is 0 Å². The summed E-state index contributed by atoms with van der Waals surface area (Å²) in [5.41, 5.74) is 1.67. The van der Waals surface area contributed by atoms with Crippen LogP contribution in [0.5, 0.6) is 0 Å². The Morgan fingerprint density at radius 3 is 2.27 bits per heavy atom. The molecule has 0 aliphatic heterocycles. The molecule has 90 valence electrons. The van der Waals surface area contributed by atoms with Gasteiger partial charge in [0.2, 0.25) is 0 Å². The van der Waals surface area contributed by atoms with Crippen LogP contribution >= 0.6 is 0 Å². The lowest BCUT2D eigenvalue weighted by Crippen LogP contribution is -1.98. The monoisotopic (exact) mass is 210 g/mol. The van der Waals surface area contributed by atoms with Gasteiger partial charge in [0.15, 0.2) is 0 Å². The molecule has 0 rings (SSSR count). The second-order valence-corrected chi connectivity index (χ2v) is 4.58. The third-order valence-corrected chi connectivity index (χ3v) is 3.33. The molecule has 0 nitrogen and oxygen atoms in total. The van der Waals surface area contributed by atoms with Crippen LogP contribution < -0.4 is 0 Å². The summed E-state index contributed by atoms with van der Waals surface area (Å²) in [6.45, 7) is 9.16. The van der Waals surface area contributed by atoms with Crippen molar-refractivity contribution >= 4 is 0 Å². The molecular formula is C15H30. The van der Waals surface area contributed by atoms with Crippen LogP contribution in [-0.2, 0) is 0 Å². The van der Waals surface area contributed by atoms with Crippen molar-refractivity contribution in [2.75, 3.05) is 0 Å². The predicted molar refractivity (Wildman–Crippen MR) is 71.2 cm³/mol. The summed E-state index contributed by atoms with van der Waals surface area (Å²) in [5, 5.41) is 0. The van der Waals surface area contributed by atoms with Gasteiger partial charge in [0.05, 0.1) is 0 Å². The summed E-state index contributed by atoms with van der Waals surface area (Å²) in [6.07, 6.45) is 13.2. The van der Waals surface area contributed by atoms with Crippen LogP contribution in [0.4, 0.5) is 0 Å². The van der Waals surface area contributed by atoms with E-state index in [9.17, 15) is 0 Å². The fraction of sp³-hybridized carbons (Fsp3) is 0.867. The van der Waals surface area contributed by atoms with E-state index in [2.05, 4.69) is 33.8 Å². The zero-order chi connectivity index (χ0) is 11.5. The van der Waals surface area contributed by atoms with Crippen LogP contribution in [0.25, 0.3) is 0 Å². The van der Waals surface area contributed by atoms with Gasteiger partial charge in [-0.05, 0) is 31.6 Å². The molecule has 0 aromatic carbocycles. The summed E-state index contributed by atoms with van der Waals surface area (Å²) in [4.78, 5) is 0. The molecule has 0 radical (unpaired) electrons. The van der Waals surface area contributed by atoms with Crippen LogP contribution in [0.15, 0.2) is 11.6 Å².